The number of hydrogen-bond acceptors (Lipinski definition) is 2. The van der Waals surface area contributed by atoms with E-state index in [4.69, 9.17) is 0 Å². The fourth-order valence-electron chi connectivity index (χ4n) is 2.93. The van der Waals surface area contributed by atoms with Crippen LogP contribution in [0.4, 0.5) is 5.69 Å². The number of nitrogens with one attached hydrogen (secondary N) is 1. The molecule has 1 aromatic carbocycles. The number of rotatable bonds is 1. The van der Waals surface area contributed by atoms with Crippen LogP contribution in [0.1, 0.15) is 26.3 Å². The Kier molecular flexibility index (Phi) is 3.35. The Morgan fingerprint density at radius 1 is 1.37 bits per heavy atom. The number of carbonyl (C=O) groups is 2. The number of hydrogen-bond donors (Lipinski definition) is 1. The molecule has 0 spiro atoms. The van der Waals surface area contributed by atoms with Gasteiger partial charge in [0.1, 0.15) is 0 Å². The van der Waals surface area contributed by atoms with Gasteiger partial charge in [-0.25, -0.2) is 0 Å². The summed E-state index contributed by atoms with van der Waals surface area (Å²) in [4.78, 5) is 25.9. The molecular formula is C15H20N2O2. The lowest BCUT2D eigenvalue weighted by molar-refractivity contribution is -0.131. The van der Waals surface area contributed by atoms with Crippen LogP contribution in [0, 0.1) is 5.41 Å². The Labute approximate surface area is 113 Å². The largest absolute Gasteiger partial charge is 0.359 e. The van der Waals surface area contributed by atoms with Crippen molar-refractivity contribution in [2.24, 2.45) is 5.41 Å². The van der Waals surface area contributed by atoms with Gasteiger partial charge in [0.05, 0.1) is 5.41 Å². The zero-order chi connectivity index (χ0) is 14.2. The van der Waals surface area contributed by atoms with Crippen LogP contribution in [0.3, 0.4) is 0 Å². The average Bonchev–Trinajstić information content (AvgIpc) is 2.38. The molecule has 4 heteroatoms. The zero-order valence-corrected chi connectivity index (χ0v) is 11.9. The van der Waals surface area contributed by atoms with Crippen molar-refractivity contribution in [3.63, 3.8) is 0 Å². The molecule has 0 unspecified atom stereocenters. The van der Waals surface area contributed by atoms with Gasteiger partial charge >= 0.3 is 0 Å². The number of nitrogens with zero attached hydrogens (tertiary/aromatic N) is 1. The fourth-order valence-corrected chi connectivity index (χ4v) is 2.93. The lowest BCUT2D eigenvalue weighted by Crippen LogP contribution is -2.57. The Balaban J connectivity index is 2.57. The molecule has 2 rings (SSSR count). The second-order valence-corrected chi connectivity index (χ2v) is 5.37. The number of amides is 2. The number of benzene rings is 1. The summed E-state index contributed by atoms with van der Waals surface area (Å²) >= 11 is 0. The Hall–Kier alpha value is -1.84. The maximum Gasteiger partial charge on any atom is 0.228 e. The van der Waals surface area contributed by atoms with E-state index in [1.54, 1.807) is 18.9 Å². The molecule has 0 fully saturated rings. The standard InChI is InChI=1S/C15H20N2O2/c1-10-15(3,14(19)16-4)9-12-7-5-6-8-13(12)17(10)11(2)18/h5-8,10H,9H2,1-4H3,(H,16,19)/t10-,15-/m0/s1. The highest BCUT2D eigenvalue weighted by atomic mass is 16.2. The summed E-state index contributed by atoms with van der Waals surface area (Å²) in [5.74, 6) is -0.0597. The topological polar surface area (TPSA) is 49.4 Å². The number of carbonyl (C=O) groups excluding carboxylic acids is 2. The molecule has 0 saturated carbocycles. The van der Waals surface area contributed by atoms with Crippen molar-refractivity contribution in [2.75, 3.05) is 11.9 Å². The van der Waals surface area contributed by atoms with Gasteiger partial charge < -0.3 is 10.2 Å². The van der Waals surface area contributed by atoms with Gasteiger partial charge in [-0.2, -0.15) is 0 Å². The molecule has 0 saturated heterocycles. The Morgan fingerprint density at radius 2 is 2.00 bits per heavy atom. The summed E-state index contributed by atoms with van der Waals surface area (Å²) in [6, 6.07) is 7.62. The molecule has 19 heavy (non-hydrogen) atoms. The van der Waals surface area contributed by atoms with Crippen molar-refractivity contribution in [1.29, 1.82) is 0 Å². The summed E-state index contributed by atoms with van der Waals surface area (Å²) in [7, 11) is 1.64. The number of para-hydroxylation sites is 1. The van der Waals surface area contributed by atoms with Crippen LogP contribution in [0.15, 0.2) is 24.3 Å². The van der Waals surface area contributed by atoms with E-state index in [0.717, 1.165) is 11.3 Å². The first-order valence-corrected chi connectivity index (χ1v) is 6.51. The fraction of sp³-hybridized carbons (Fsp3) is 0.467. The van der Waals surface area contributed by atoms with Crippen LogP contribution in [0.2, 0.25) is 0 Å². The molecule has 2 amide bonds. The van der Waals surface area contributed by atoms with Gasteiger partial charge in [-0.3, -0.25) is 9.59 Å². The van der Waals surface area contributed by atoms with Crippen molar-refractivity contribution in [3.8, 4) is 0 Å². The van der Waals surface area contributed by atoms with Crippen LogP contribution < -0.4 is 10.2 Å². The maximum absolute atomic E-state index is 12.2. The first-order valence-electron chi connectivity index (χ1n) is 6.51. The minimum absolute atomic E-state index is 0.0271. The first kappa shape index (κ1) is 13.6. The van der Waals surface area contributed by atoms with Gasteiger partial charge in [0, 0.05) is 25.7 Å². The number of anilines is 1. The van der Waals surface area contributed by atoms with E-state index >= 15 is 0 Å². The van der Waals surface area contributed by atoms with Crippen molar-refractivity contribution < 1.29 is 9.59 Å². The van der Waals surface area contributed by atoms with E-state index in [-0.39, 0.29) is 17.9 Å². The van der Waals surface area contributed by atoms with Gasteiger partial charge in [0.2, 0.25) is 11.8 Å². The highest BCUT2D eigenvalue weighted by molar-refractivity contribution is 5.96. The van der Waals surface area contributed by atoms with Gasteiger partial charge in [-0.1, -0.05) is 18.2 Å². The van der Waals surface area contributed by atoms with Crippen LogP contribution in [-0.2, 0) is 16.0 Å². The van der Waals surface area contributed by atoms with Gasteiger partial charge in [-0.05, 0) is 31.9 Å². The predicted octanol–water partition coefficient (Wildman–Crippen LogP) is 1.74. The van der Waals surface area contributed by atoms with E-state index in [2.05, 4.69) is 5.32 Å². The maximum atomic E-state index is 12.2. The first-order chi connectivity index (χ1) is 8.91. The Bertz CT molecular complexity index is 527. The van der Waals surface area contributed by atoms with Crippen LogP contribution >= 0.6 is 0 Å². The van der Waals surface area contributed by atoms with Gasteiger partial charge in [0.15, 0.2) is 0 Å². The minimum Gasteiger partial charge on any atom is -0.359 e. The van der Waals surface area contributed by atoms with Crippen molar-refractivity contribution >= 4 is 17.5 Å². The van der Waals surface area contributed by atoms with Crippen LogP contribution in [-0.4, -0.2) is 24.9 Å². The smallest absolute Gasteiger partial charge is 0.228 e. The van der Waals surface area contributed by atoms with Crippen LogP contribution in [0.25, 0.3) is 0 Å². The molecule has 0 aliphatic carbocycles. The highest BCUT2D eigenvalue weighted by Gasteiger charge is 2.46. The second kappa shape index (κ2) is 4.68. The molecule has 0 radical (unpaired) electrons. The lowest BCUT2D eigenvalue weighted by Gasteiger charge is -2.45. The molecule has 1 aromatic rings. The highest BCUT2D eigenvalue weighted by Crippen LogP contribution is 2.41. The molecule has 2 atom stereocenters. The third-order valence-corrected chi connectivity index (χ3v) is 4.20. The lowest BCUT2D eigenvalue weighted by atomic mass is 9.72. The quantitative estimate of drug-likeness (QED) is 0.836. The molecule has 0 bridgehead atoms. The van der Waals surface area contributed by atoms with E-state index in [1.165, 1.54) is 0 Å². The third kappa shape index (κ3) is 2.01. The molecular weight excluding hydrogens is 240 g/mol. The second-order valence-electron chi connectivity index (χ2n) is 5.37. The molecule has 1 N–H and O–H groups in total. The van der Waals surface area contributed by atoms with Gasteiger partial charge in [0.25, 0.3) is 0 Å². The van der Waals surface area contributed by atoms with E-state index in [9.17, 15) is 9.59 Å². The molecule has 0 aromatic heterocycles. The van der Waals surface area contributed by atoms with E-state index < -0.39 is 5.41 Å². The van der Waals surface area contributed by atoms with Crippen LogP contribution in [0.5, 0.6) is 0 Å². The third-order valence-electron chi connectivity index (χ3n) is 4.20. The van der Waals surface area contributed by atoms with Crippen molar-refractivity contribution in [3.05, 3.63) is 29.8 Å². The number of fused-ring (bicyclic) bond motifs is 1. The molecule has 102 valence electrons. The summed E-state index contributed by atoms with van der Waals surface area (Å²) in [6.07, 6.45) is 0.647. The average molecular weight is 260 g/mol. The monoisotopic (exact) mass is 260 g/mol. The minimum atomic E-state index is -0.602. The summed E-state index contributed by atoms with van der Waals surface area (Å²) in [5.41, 5.74) is 1.36. The van der Waals surface area contributed by atoms with E-state index in [1.807, 2.05) is 38.1 Å². The normalized spacial score (nSPS) is 25.7. The summed E-state index contributed by atoms with van der Waals surface area (Å²) in [5, 5.41) is 2.72. The van der Waals surface area contributed by atoms with Gasteiger partial charge in [-0.15, -0.1) is 0 Å². The molecule has 1 heterocycles. The van der Waals surface area contributed by atoms with Crippen molar-refractivity contribution in [1.82, 2.24) is 5.32 Å². The molecule has 1 aliphatic rings. The van der Waals surface area contributed by atoms with E-state index in [0.29, 0.717) is 6.42 Å². The van der Waals surface area contributed by atoms with Crippen molar-refractivity contribution in [2.45, 2.75) is 33.2 Å². The SMILES string of the molecule is CNC(=O)[C@@]1(C)Cc2ccccc2N(C(C)=O)[C@H]1C. The molecule has 1 aliphatic heterocycles. The zero-order valence-electron chi connectivity index (χ0n) is 11.9. The summed E-state index contributed by atoms with van der Waals surface area (Å²) in [6.45, 7) is 5.40. The predicted molar refractivity (Wildman–Crippen MR) is 74.9 cm³/mol. The Morgan fingerprint density at radius 3 is 2.58 bits per heavy atom. The molecule has 4 nitrogen and oxygen atoms in total. The summed E-state index contributed by atoms with van der Waals surface area (Å²) < 4.78 is 0.